The molecule has 0 radical (unpaired) electrons. The van der Waals surface area contributed by atoms with E-state index >= 15 is 0 Å². The summed E-state index contributed by atoms with van der Waals surface area (Å²) in [6, 6.07) is 9.91. The van der Waals surface area contributed by atoms with Crippen molar-refractivity contribution in [1.82, 2.24) is 10.5 Å². The number of hydrogen-bond acceptors (Lipinski definition) is 5. The summed E-state index contributed by atoms with van der Waals surface area (Å²) in [5, 5.41) is 7.37. The number of methoxy groups -OCH3 is 2. The molecule has 2 rings (SSSR count). The van der Waals surface area contributed by atoms with Crippen molar-refractivity contribution in [3.63, 3.8) is 0 Å². The van der Waals surface area contributed by atoms with Crippen LogP contribution in [0.3, 0.4) is 0 Å². The molecule has 1 heterocycles. The van der Waals surface area contributed by atoms with Crippen LogP contribution >= 0.6 is 0 Å². The van der Waals surface area contributed by atoms with Crippen molar-refractivity contribution in [1.29, 1.82) is 0 Å². The number of hydrogen-bond donors (Lipinski definition) is 1. The molecule has 0 aliphatic heterocycles. The van der Waals surface area contributed by atoms with E-state index in [4.69, 9.17) is 14.0 Å². The highest BCUT2D eigenvalue weighted by Gasteiger charge is 2.08. The van der Waals surface area contributed by atoms with E-state index < -0.39 is 0 Å². The Morgan fingerprint density at radius 2 is 2.00 bits per heavy atom. The first kappa shape index (κ1) is 14.6. The van der Waals surface area contributed by atoms with Gasteiger partial charge in [-0.15, -0.1) is 0 Å². The Labute approximate surface area is 118 Å². The molecule has 0 fully saturated rings. The fourth-order valence-electron chi connectivity index (χ4n) is 1.87. The molecule has 5 heteroatoms. The molecule has 1 aromatic carbocycles. The van der Waals surface area contributed by atoms with Gasteiger partial charge < -0.3 is 19.3 Å². The lowest BCUT2D eigenvalue weighted by atomic mass is 10.1. The first-order valence-corrected chi connectivity index (χ1v) is 6.55. The Hall–Kier alpha value is -1.85. The van der Waals surface area contributed by atoms with Crippen molar-refractivity contribution in [3.8, 4) is 17.1 Å². The third-order valence-electron chi connectivity index (χ3n) is 2.98. The molecule has 0 aliphatic carbocycles. The van der Waals surface area contributed by atoms with E-state index in [2.05, 4.69) is 17.4 Å². The average Bonchev–Trinajstić information content (AvgIpc) is 2.94. The topological polar surface area (TPSA) is 56.5 Å². The summed E-state index contributed by atoms with van der Waals surface area (Å²) in [5.41, 5.74) is 1.85. The number of ether oxygens (including phenoxy) is 2. The Balaban J connectivity index is 1.97. The molecular weight excluding hydrogens is 256 g/mol. The lowest BCUT2D eigenvalue weighted by molar-refractivity contribution is 0.171. The zero-order valence-corrected chi connectivity index (χ0v) is 12.1. The Kier molecular flexibility index (Phi) is 5.15. The van der Waals surface area contributed by atoms with E-state index in [1.54, 1.807) is 14.2 Å². The molecule has 2 aromatic rings. The maximum absolute atomic E-state index is 5.35. The zero-order valence-electron chi connectivity index (χ0n) is 12.1. The molecular formula is C15H20N2O3. The smallest absolute Gasteiger partial charge is 0.167 e. The van der Waals surface area contributed by atoms with Gasteiger partial charge in [0.15, 0.2) is 5.76 Å². The van der Waals surface area contributed by atoms with Gasteiger partial charge in [0, 0.05) is 31.3 Å². The molecule has 0 saturated heterocycles. The third kappa shape index (κ3) is 3.82. The minimum Gasteiger partial charge on any atom is -0.497 e. The van der Waals surface area contributed by atoms with E-state index in [-0.39, 0.29) is 6.04 Å². The van der Waals surface area contributed by atoms with Crippen molar-refractivity contribution in [3.05, 3.63) is 36.0 Å². The first-order chi connectivity index (χ1) is 9.72. The molecule has 0 aliphatic rings. The lowest BCUT2D eigenvalue weighted by Crippen LogP contribution is -2.29. The molecule has 5 nitrogen and oxygen atoms in total. The number of aromatic nitrogens is 1. The van der Waals surface area contributed by atoms with Gasteiger partial charge in [0.1, 0.15) is 5.75 Å². The highest BCUT2D eigenvalue weighted by Crippen LogP contribution is 2.22. The Morgan fingerprint density at radius 3 is 2.65 bits per heavy atom. The summed E-state index contributed by atoms with van der Waals surface area (Å²) < 4.78 is 15.6. The van der Waals surface area contributed by atoms with Crippen LogP contribution in [0.2, 0.25) is 0 Å². The summed E-state index contributed by atoms with van der Waals surface area (Å²) in [6.07, 6.45) is 0. The number of nitrogens with zero attached hydrogens (tertiary/aromatic N) is 1. The van der Waals surface area contributed by atoms with Gasteiger partial charge in [-0.2, -0.15) is 0 Å². The average molecular weight is 276 g/mol. The van der Waals surface area contributed by atoms with Crippen LogP contribution < -0.4 is 10.1 Å². The second kappa shape index (κ2) is 7.07. The Morgan fingerprint density at radius 1 is 1.25 bits per heavy atom. The van der Waals surface area contributed by atoms with E-state index in [1.165, 1.54) is 0 Å². The van der Waals surface area contributed by atoms with Crippen LogP contribution in [0, 0.1) is 0 Å². The van der Waals surface area contributed by atoms with Crippen LogP contribution in [0.1, 0.15) is 12.6 Å². The molecule has 0 spiro atoms. The molecule has 0 amide bonds. The Bertz CT molecular complexity index is 522. The second-order valence-electron chi connectivity index (χ2n) is 4.65. The summed E-state index contributed by atoms with van der Waals surface area (Å²) in [5.74, 6) is 1.58. The molecule has 108 valence electrons. The van der Waals surface area contributed by atoms with Crippen LogP contribution in [0.15, 0.2) is 34.9 Å². The molecule has 20 heavy (non-hydrogen) atoms. The lowest BCUT2D eigenvalue weighted by Gasteiger charge is -2.10. The van der Waals surface area contributed by atoms with Gasteiger partial charge in [0.2, 0.25) is 0 Å². The van der Waals surface area contributed by atoms with Crippen molar-refractivity contribution in [2.24, 2.45) is 0 Å². The highest BCUT2D eigenvalue weighted by molar-refractivity contribution is 5.58. The SMILES string of the molecule is COC[C@H](C)NCc1cc(-c2ccc(OC)cc2)on1. The molecule has 0 unspecified atom stereocenters. The van der Waals surface area contributed by atoms with Gasteiger partial charge in [-0.3, -0.25) is 0 Å². The predicted molar refractivity (Wildman–Crippen MR) is 76.7 cm³/mol. The van der Waals surface area contributed by atoms with Crippen molar-refractivity contribution in [2.45, 2.75) is 19.5 Å². The number of rotatable bonds is 7. The van der Waals surface area contributed by atoms with Crippen LogP contribution in [0.4, 0.5) is 0 Å². The van der Waals surface area contributed by atoms with Crippen molar-refractivity contribution < 1.29 is 14.0 Å². The number of benzene rings is 1. The highest BCUT2D eigenvalue weighted by atomic mass is 16.5. The molecule has 0 saturated carbocycles. The summed E-state index contributed by atoms with van der Waals surface area (Å²) in [4.78, 5) is 0. The fourth-order valence-corrected chi connectivity index (χ4v) is 1.87. The van der Waals surface area contributed by atoms with Crippen LogP contribution in [-0.2, 0) is 11.3 Å². The zero-order chi connectivity index (χ0) is 14.4. The number of nitrogens with one attached hydrogen (secondary N) is 1. The van der Waals surface area contributed by atoms with E-state index in [0.29, 0.717) is 13.2 Å². The van der Waals surface area contributed by atoms with E-state index in [1.807, 2.05) is 30.3 Å². The quantitative estimate of drug-likeness (QED) is 0.842. The van der Waals surface area contributed by atoms with E-state index in [0.717, 1.165) is 22.8 Å². The van der Waals surface area contributed by atoms with Crippen molar-refractivity contribution >= 4 is 0 Å². The van der Waals surface area contributed by atoms with Crippen LogP contribution in [0.25, 0.3) is 11.3 Å². The first-order valence-electron chi connectivity index (χ1n) is 6.55. The summed E-state index contributed by atoms with van der Waals surface area (Å²) in [6.45, 7) is 3.39. The van der Waals surface area contributed by atoms with Crippen LogP contribution in [-0.4, -0.2) is 32.0 Å². The van der Waals surface area contributed by atoms with E-state index in [9.17, 15) is 0 Å². The molecule has 1 atom stereocenters. The van der Waals surface area contributed by atoms with Gasteiger partial charge in [-0.25, -0.2) is 0 Å². The van der Waals surface area contributed by atoms with Gasteiger partial charge >= 0.3 is 0 Å². The van der Waals surface area contributed by atoms with Crippen molar-refractivity contribution in [2.75, 3.05) is 20.8 Å². The second-order valence-corrected chi connectivity index (χ2v) is 4.65. The summed E-state index contributed by atoms with van der Waals surface area (Å²) >= 11 is 0. The largest absolute Gasteiger partial charge is 0.497 e. The van der Waals surface area contributed by atoms with Gasteiger partial charge in [0.25, 0.3) is 0 Å². The molecule has 0 bridgehead atoms. The maximum atomic E-state index is 5.35. The fraction of sp³-hybridized carbons (Fsp3) is 0.400. The van der Waals surface area contributed by atoms with Gasteiger partial charge in [-0.05, 0) is 31.2 Å². The van der Waals surface area contributed by atoms with Crippen LogP contribution in [0.5, 0.6) is 5.75 Å². The normalized spacial score (nSPS) is 12.3. The van der Waals surface area contributed by atoms with Gasteiger partial charge in [0.05, 0.1) is 19.4 Å². The minimum atomic E-state index is 0.279. The predicted octanol–water partition coefficient (Wildman–Crippen LogP) is 2.47. The standard InChI is InChI=1S/C15H20N2O3/c1-11(10-18-2)16-9-13-8-15(20-17-13)12-4-6-14(19-3)7-5-12/h4-8,11,16H,9-10H2,1-3H3/t11-/m0/s1. The van der Waals surface area contributed by atoms with Gasteiger partial charge in [-0.1, -0.05) is 5.16 Å². The molecule has 1 aromatic heterocycles. The monoisotopic (exact) mass is 276 g/mol. The molecule has 1 N–H and O–H groups in total. The summed E-state index contributed by atoms with van der Waals surface area (Å²) in [7, 11) is 3.34. The maximum Gasteiger partial charge on any atom is 0.167 e. The third-order valence-corrected chi connectivity index (χ3v) is 2.98. The minimum absolute atomic E-state index is 0.279.